The Balaban J connectivity index is 1.77. The summed E-state index contributed by atoms with van der Waals surface area (Å²) in [6.07, 6.45) is 4.00. The van der Waals surface area contributed by atoms with Crippen molar-refractivity contribution in [3.63, 3.8) is 0 Å². The number of nitrogens with zero attached hydrogens (tertiary/aromatic N) is 3. The van der Waals surface area contributed by atoms with E-state index in [-0.39, 0.29) is 6.09 Å². The zero-order valence-corrected chi connectivity index (χ0v) is 14.5. The van der Waals surface area contributed by atoms with Crippen LogP contribution < -0.4 is 10.6 Å². The zero-order valence-electron chi connectivity index (χ0n) is 14.5. The van der Waals surface area contributed by atoms with Gasteiger partial charge in [-0.3, -0.25) is 0 Å². The van der Waals surface area contributed by atoms with Crippen molar-refractivity contribution in [1.29, 1.82) is 0 Å². The molecule has 1 aliphatic heterocycles. The fourth-order valence-electron chi connectivity index (χ4n) is 2.60. The number of hydrogen-bond donors (Lipinski definition) is 2. The number of hydrogen-bond acceptors (Lipinski definition) is 7. The highest BCUT2D eigenvalue weighted by molar-refractivity contribution is 5.67. The van der Waals surface area contributed by atoms with Crippen molar-refractivity contribution in [1.82, 2.24) is 14.9 Å². The van der Waals surface area contributed by atoms with E-state index in [1.54, 1.807) is 18.3 Å². The molecule has 1 fully saturated rings. The van der Waals surface area contributed by atoms with Gasteiger partial charge in [0.15, 0.2) is 0 Å². The van der Waals surface area contributed by atoms with Crippen LogP contribution in [0.15, 0.2) is 12.4 Å². The minimum Gasteiger partial charge on any atom is -0.450 e. The molecule has 0 aliphatic carbocycles. The van der Waals surface area contributed by atoms with E-state index in [0.717, 1.165) is 44.0 Å². The van der Waals surface area contributed by atoms with E-state index in [1.807, 2.05) is 13.0 Å². The molecule has 0 atom stereocenters. The molecular weight excluding hydrogens is 310 g/mol. The van der Waals surface area contributed by atoms with Gasteiger partial charge in [-0.1, -0.05) is 0 Å². The Hall–Kier alpha value is -2.09. The van der Waals surface area contributed by atoms with Crippen LogP contribution in [-0.2, 0) is 9.47 Å². The Bertz CT molecular complexity index is 506. The number of methoxy groups -OCH3 is 1. The standard InChI is InChI=1S/C16H27N5O3/c1-3-24-16(22)21-8-5-13(6-9-21)20-15-11-14(18-12-19-15)17-7-4-10-23-2/h11-13H,3-10H2,1-2H3,(H2,17,18,19,20). The van der Waals surface area contributed by atoms with Gasteiger partial charge in [0.05, 0.1) is 6.61 Å². The Morgan fingerprint density at radius 2 is 2.08 bits per heavy atom. The molecule has 1 aromatic heterocycles. The number of anilines is 2. The molecule has 24 heavy (non-hydrogen) atoms. The maximum absolute atomic E-state index is 11.7. The van der Waals surface area contributed by atoms with Crippen LogP contribution in [0.2, 0.25) is 0 Å². The molecular formula is C16H27N5O3. The second-order valence-corrected chi connectivity index (χ2v) is 5.67. The van der Waals surface area contributed by atoms with Crippen molar-refractivity contribution in [3.05, 3.63) is 12.4 Å². The Kier molecular flexibility index (Phi) is 7.54. The molecule has 8 heteroatoms. The monoisotopic (exact) mass is 337 g/mol. The van der Waals surface area contributed by atoms with Crippen molar-refractivity contribution in [2.75, 3.05) is 50.6 Å². The lowest BCUT2D eigenvalue weighted by molar-refractivity contribution is 0.0983. The summed E-state index contributed by atoms with van der Waals surface area (Å²) in [5.41, 5.74) is 0. The quantitative estimate of drug-likeness (QED) is 0.701. The van der Waals surface area contributed by atoms with E-state index < -0.39 is 0 Å². The van der Waals surface area contributed by atoms with Crippen LogP contribution in [0.4, 0.5) is 16.4 Å². The van der Waals surface area contributed by atoms with Crippen LogP contribution in [0.1, 0.15) is 26.2 Å². The van der Waals surface area contributed by atoms with Gasteiger partial charge in [0.25, 0.3) is 0 Å². The molecule has 0 radical (unpaired) electrons. The van der Waals surface area contributed by atoms with Crippen molar-refractivity contribution in [3.8, 4) is 0 Å². The number of likely N-dealkylation sites (tertiary alicyclic amines) is 1. The molecule has 2 heterocycles. The average Bonchev–Trinajstić information content (AvgIpc) is 2.60. The highest BCUT2D eigenvalue weighted by Gasteiger charge is 2.23. The topological polar surface area (TPSA) is 88.6 Å². The summed E-state index contributed by atoms with van der Waals surface area (Å²) in [5.74, 6) is 1.60. The third-order valence-corrected chi connectivity index (χ3v) is 3.87. The molecule has 1 amide bonds. The van der Waals surface area contributed by atoms with E-state index in [2.05, 4.69) is 20.6 Å². The zero-order chi connectivity index (χ0) is 17.2. The normalized spacial score (nSPS) is 15.2. The number of carbonyl (C=O) groups is 1. The molecule has 0 bridgehead atoms. The van der Waals surface area contributed by atoms with Gasteiger partial charge in [-0.15, -0.1) is 0 Å². The number of ether oxygens (including phenoxy) is 2. The number of piperidine rings is 1. The van der Waals surface area contributed by atoms with Gasteiger partial charge < -0.3 is 25.0 Å². The van der Waals surface area contributed by atoms with Gasteiger partial charge in [0.1, 0.15) is 18.0 Å². The summed E-state index contributed by atoms with van der Waals surface area (Å²) < 4.78 is 10.1. The minimum absolute atomic E-state index is 0.222. The summed E-state index contributed by atoms with van der Waals surface area (Å²) in [5, 5.41) is 6.67. The lowest BCUT2D eigenvalue weighted by Gasteiger charge is -2.31. The SMILES string of the molecule is CCOC(=O)N1CCC(Nc2cc(NCCCOC)ncn2)CC1. The maximum atomic E-state index is 11.7. The van der Waals surface area contributed by atoms with Crippen molar-refractivity contribution < 1.29 is 14.3 Å². The summed E-state index contributed by atoms with van der Waals surface area (Å²) in [7, 11) is 1.69. The molecule has 0 aromatic carbocycles. The average molecular weight is 337 g/mol. The Labute approximate surface area is 142 Å². The highest BCUT2D eigenvalue weighted by atomic mass is 16.6. The number of aromatic nitrogens is 2. The van der Waals surface area contributed by atoms with Gasteiger partial charge in [-0.05, 0) is 26.2 Å². The lowest BCUT2D eigenvalue weighted by atomic mass is 10.1. The number of rotatable bonds is 8. The van der Waals surface area contributed by atoms with Crippen molar-refractivity contribution >= 4 is 17.7 Å². The van der Waals surface area contributed by atoms with E-state index in [1.165, 1.54) is 0 Å². The van der Waals surface area contributed by atoms with E-state index in [9.17, 15) is 4.79 Å². The van der Waals surface area contributed by atoms with Crippen molar-refractivity contribution in [2.24, 2.45) is 0 Å². The van der Waals surface area contributed by atoms with Crippen LogP contribution in [0, 0.1) is 0 Å². The van der Waals surface area contributed by atoms with Gasteiger partial charge in [0, 0.05) is 45.5 Å². The third kappa shape index (κ3) is 5.84. The number of amides is 1. The first-order valence-electron chi connectivity index (χ1n) is 8.46. The Morgan fingerprint density at radius 3 is 2.79 bits per heavy atom. The molecule has 1 saturated heterocycles. The molecule has 1 aliphatic rings. The number of nitrogens with one attached hydrogen (secondary N) is 2. The van der Waals surface area contributed by atoms with Gasteiger partial charge >= 0.3 is 6.09 Å². The van der Waals surface area contributed by atoms with Crippen molar-refractivity contribution in [2.45, 2.75) is 32.2 Å². The summed E-state index contributed by atoms with van der Waals surface area (Å²) in [4.78, 5) is 21.9. The van der Waals surface area contributed by atoms with E-state index in [4.69, 9.17) is 9.47 Å². The predicted octanol–water partition coefficient (Wildman–Crippen LogP) is 1.96. The summed E-state index contributed by atoms with van der Waals surface area (Å²) in [6, 6.07) is 2.21. The van der Waals surface area contributed by atoms with E-state index >= 15 is 0 Å². The molecule has 0 spiro atoms. The van der Waals surface area contributed by atoms with Gasteiger partial charge in [-0.25, -0.2) is 14.8 Å². The first kappa shape index (κ1) is 18.3. The van der Waals surface area contributed by atoms with Gasteiger partial charge in [-0.2, -0.15) is 0 Å². The minimum atomic E-state index is -0.222. The molecule has 134 valence electrons. The summed E-state index contributed by atoms with van der Waals surface area (Å²) >= 11 is 0. The molecule has 2 N–H and O–H groups in total. The molecule has 2 rings (SSSR count). The first-order valence-corrected chi connectivity index (χ1v) is 8.46. The fraction of sp³-hybridized carbons (Fsp3) is 0.688. The molecule has 0 saturated carbocycles. The van der Waals surface area contributed by atoms with Crippen LogP contribution in [-0.4, -0.2) is 67.0 Å². The summed E-state index contributed by atoms with van der Waals surface area (Å²) in [6.45, 7) is 5.16. The fourth-order valence-corrected chi connectivity index (χ4v) is 2.60. The van der Waals surface area contributed by atoms with Crippen LogP contribution in [0.25, 0.3) is 0 Å². The molecule has 0 unspecified atom stereocenters. The van der Waals surface area contributed by atoms with E-state index in [0.29, 0.717) is 25.7 Å². The van der Waals surface area contributed by atoms with Crippen LogP contribution in [0.3, 0.4) is 0 Å². The maximum Gasteiger partial charge on any atom is 0.409 e. The highest BCUT2D eigenvalue weighted by Crippen LogP contribution is 2.17. The smallest absolute Gasteiger partial charge is 0.409 e. The first-order chi connectivity index (χ1) is 11.7. The molecule has 1 aromatic rings. The second-order valence-electron chi connectivity index (χ2n) is 5.67. The third-order valence-electron chi connectivity index (χ3n) is 3.87. The van der Waals surface area contributed by atoms with Gasteiger partial charge in [0.2, 0.25) is 0 Å². The van der Waals surface area contributed by atoms with Crippen LogP contribution >= 0.6 is 0 Å². The molecule has 8 nitrogen and oxygen atoms in total. The Morgan fingerprint density at radius 1 is 1.33 bits per heavy atom. The number of carbonyl (C=O) groups excluding carboxylic acids is 1. The predicted molar refractivity (Wildman–Crippen MR) is 92.3 cm³/mol. The largest absolute Gasteiger partial charge is 0.450 e. The van der Waals surface area contributed by atoms with Crippen LogP contribution in [0.5, 0.6) is 0 Å². The lowest BCUT2D eigenvalue weighted by Crippen LogP contribution is -2.42. The second kappa shape index (κ2) is 9.92.